The molecule has 0 amide bonds. The first kappa shape index (κ1) is 17.1. The molecule has 2 atom stereocenters. The van der Waals surface area contributed by atoms with E-state index in [0.717, 1.165) is 24.3 Å². The Morgan fingerprint density at radius 1 is 0.941 bits per heavy atom. The minimum Gasteiger partial charge on any atom is -0.377 e. The van der Waals surface area contributed by atoms with Crippen molar-refractivity contribution in [3.63, 3.8) is 0 Å². The van der Waals surface area contributed by atoms with E-state index >= 15 is 0 Å². The predicted molar refractivity (Wildman–Crippen MR) is 74.1 cm³/mol. The fourth-order valence-corrected chi connectivity index (χ4v) is 4.04. The third kappa shape index (κ3) is 6.00. The molecule has 4 heteroatoms. The van der Waals surface area contributed by atoms with E-state index in [2.05, 4.69) is 20.8 Å². The Morgan fingerprint density at radius 3 is 1.82 bits per heavy atom. The number of hydrogen-bond donors (Lipinski definition) is 0. The van der Waals surface area contributed by atoms with Crippen molar-refractivity contribution in [1.82, 2.24) is 0 Å². The van der Waals surface area contributed by atoms with Crippen molar-refractivity contribution < 1.29 is 13.3 Å². The Kier molecular flexibility index (Phi) is 9.14. The molecule has 0 aromatic carbocycles. The highest BCUT2D eigenvalue weighted by Crippen LogP contribution is 2.26. The summed E-state index contributed by atoms with van der Waals surface area (Å²) in [6.45, 7) is 6.86. The highest BCUT2D eigenvalue weighted by Gasteiger charge is 2.37. The van der Waals surface area contributed by atoms with Gasteiger partial charge in [-0.25, -0.2) is 0 Å². The van der Waals surface area contributed by atoms with Gasteiger partial charge in [0.2, 0.25) is 0 Å². The van der Waals surface area contributed by atoms with E-state index in [4.69, 9.17) is 13.3 Å². The van der Waals surface area contributed by atoms with Crippen molar-refractivity contribution in [2.24, 2.45) is 11.8 Å². The van der Waals surface area contributed by atoms with Crippen molar-refractivity contribution in [2.75, 3.05) is 21.3 Å². The van der Waals surface area contributed by atoms with Gasteiger partial charge in [0.1, 0.15) is 0 Å². The van der Waals surface area contributed by atoms with Crippen LogP contribution in [0.3, 0.4) is 0 Å². The van der Waals surface area contributed by atoms with Gasteiger partial charge in [-0.3, -0.25) is 0 Å². The third-order valence-corrected chi connectivity index (χ3v) is 6.57. The molecule has 0 aliphatic rings. The molecule has 0 aromatic heterocycles. The fraction of sp³-hybridized carbons (Fsp3) is 1.00. The van der Waals surface area contributed by atoms with Crippen LogP contribution >= 0.6 is 0 Å². The van der Waals surface area contributed by atoms with Gasteiger partial charge in [-0.1, -0.05) is 33.6 Å². The molecule has 0 aromatic rings. The molecular weight excluding hydrogens is 232 g/mol. The van der Waals surface area contributed by atoms with E-state index in [1.807, 2.05) is 0 Å². The summed E-state index contributed by atoms with van der Waals surface area (Å²) in [5, 5.41) is 0. The first-order chi connectivity index (χ1) is 8.07. The van der Waals surface area contributed by atoms with Crippen LogP contribution in [0.25, 0.3) is 0 Å². The summed E-state index contributed by atoms with van der Waals surface area (Å²) >= 11 is 0. The van der Waals surface area contributed by atoms with Crippen molar-refractivity contribution in [1.29, 1.82) is 0 Å². The van der Waals surface area contributed by atoms with Gasteiger partial charge in [-0.15, -0.1) is 0 Å². The molecule has 0 radical (unpaired) electrons. The van der Waals surface area contributed by atoms with Crippen molar-refractivity contribution in [3.05, 3.63) is 0 Å². The standard InChI is InChI=1S/C13H30O3Si/c1-7-12(3)11-13(8-2)9-10-17(14-4,15-5)16-6/h12-13H,7-11H2,1-6H3. The molecule has 0 saturated heterocycles. The topological polar surface area (TPSA) is 27.7 Å². The summed E-state index contributed by atoms with van der Waals surface area (Å²) < 4.78 is 16.4. The van der Waals surface area contributed by atoms with Crippen LogP contribution in [0.5, 0.6) is 0 Å². The smallest absolute Gasteiger partial charge is 0.377 e. The minimum atomic E-state index is -2.36. The Bertz CT molecular complexity index is 175. The fourth-order valence-electron chi connectivity index (χ4n) is 2.16. The molecule has 0 spiro atoms. The lowest BCUT2D eigenvalue weighted by Gasteiger charge is -2.27. The largest absolute Gasteiger partial charge is 0.500 e. The number of hydrogen-bond acceptors (Lipinski definition) is 3. The first-order valence-corrected chi connectivity index (χ1v) is 8.66. The molecule has 0 saturated carbocycles. The lowest BCUT2D eigenvalue weighted by atomic mass is 9.90. The monoisotopic (exact) mass is 262 g/mol. The first-order valence-electron chi connectivity index (χ1n) is 6.72. The molecule has 3 nitrogen and oxygen atoms in total. The normalized spacial score (nSPS) is 15.9. The van der Waals surface area contributed by atoms with Crippen LogP contribution in [-0.4, -0.2) is 30.1 Å². The summed E-state index contributed by atoms with van der Waals surface area (Å²) in [7, 11) is 2.71. The molecule has 0 N–H and O–H groups in total. The molecular formula is C13H30O3Si. The highest BCUT2D eigenvalue weighted by molar-refractivity contribution is 6.60. The molecule has 104 valence electrons. The second kappa shape index (κ2) is 9.08. The lowest BCUT2D eigenvalue weighted by Crippen LogP contribution is -2.43. The van der Waals surface area contributed by atoms with Gasteiger partial charge in [0.25, 0.3) is 0 Å². The third-order valence-electron chi connectivity index (χ3n) is 3.80. The van der Waals surface area contributed by atoms with E-state index in [9.17, 15) is 0 Å². The Balaban J connectivity index is 4.20. The van der Waals surface area contributed by atoms with Crippen molar-refractivity contribution in [3.8, 4) is 0 Å². The summed E-state index contributed by atoms with van der Waals surface area (Å²) in [5.74, 6) is 1.57. The zero-order valence-corrected chi connectivity index (χ0v) is 13.4. The van der Waals surface area contributed by atoms with E-state index in [0.29, 0.717) is 0 Å². The molecule has 0 fully saturated rings. The number of rotatable bonds is 10. The Morgan fingerprint density at radius 2 is 1.47 bits per heavy atom. The van der Waals surface area contributed by atoms with Crippen LogP contribution < -0.4 is 0 Å². The maximum absolute atomic E-state index is 5.46. The molecule has 0 aliphatic heterocycles. The van der Waals surface area contributed by atoms with Crippen molar-refractivity contribution >= 4 is 8.80 Å². The van der Waals surface area contributed by atoms with Gasteiger partial charge in [0.05, 0.1) is 0 Å². The maximum atomic E-state index is 5.46. The van der Waals surface area contributed by atoms with E-state index in [1.54, 1.807) is 21.3 Å². The second-order valence-corrected chi connectivity index (χ2v) is 7.95. The molecule has 2 unspecified atom stereocenters. The van der Waals surface area contributed by atoms with Gasteiger partial charge < -0.3 is 13.3 Å². The predicted octanol–water partition coefficient (Wildman–Crippen LogP) is 3.72. The second-order valence-electron chi connectivity index (χ2n) is 4.86. The summed E-state index contributed by atoms with van der Waals surface area (Å²) in [5.41, 5.74) is 0. The van der Waals surface area contributed by atoms with E-state index in [-0.39, 0.29) is 0 Å². The summed E-state index contributed by atoms with van der Waals surface area (Å²) in [4.78, 5) is 0. The van der Waals surface area contributed by atoms with Gasteiger partial charge in [0.15, 0.2) is 0 Å². The molecule has 0 aliphatic carbocycles. The van der Waals surface area contributed by atoms with Gasteiger partial charge >= 0.3 is 8.80 Å². The van der Waals surface area contributed by atoms with Crippen molar-refractivity contribution in [2.45, 2.75) is 52.5 Å². The molecule has 0 bridgehead atoms. The van der Waals surface area contributed by atoms with Gasteiger partial charge in [-0.05, 0) is 24.7 Å². The van der Waals surface area contributed by atoms with E-state index in [1.165, 1.54) is 19.3 Å². The maximum Gasteiger partial charge on any atom is 0.500 e. The summed E-state index contributed by atoms with van der Waals surface area (Å²) in [6, 6.07) is 0.922. The van der Waals surface area contributed by atoms with E-state index < -0.39 is 8.80 Å². The molecule has 17 heavy (non-hydrogen) atoms. The average molecular weight is 262 g/mol. The summed E-state index contributed by atoms with van der Waals surface area (Å²) in [6.07, 6.45) is 4.93. The molecule has 0 rings (SSSR count). The van der Waals surface area contributed by atoms with Crippen LogP contribution in [0.15, 0.2) is 0 Å². The average Bonchev–Trinajstić information content (AvgIpc) is 2.39. The lowest BCUT2D eigenvalue weighted by molar-refractivity contribution is 0.120. The zero-order chi connectivity index (χ0) is 13.3. The van der Waals surface area contributed by atoms with Gasteiger partial charge in [-0.2, -0.15) is 0 Å². The van der Waals surface area contributed by atoms with Crippen LogP contribution in [0.4, 0.5) is 0 Å². The SMILES string of the molecule is CCC(C)CC(CC)CC[Si](OC)(OC)OC. The zero-order valence-electron chi connectivity index (χ0n) is 12.4. The highest BCUT2D eigenvalue weighted by atomic mass is 28.4. The van der Waals surface area contributed by atoms with Crippen LogP contribution in [-0.2, 0) is 13.3 Å². The van der Waals surface area contributed by atoms with Gasteiger partial charge in [0, 0.05) is 27.4 Å². The quantitative estimate of drug-likeness (QED) is 0.562. The Hall–Kier alpha value is 0.0969. The molecule has 0 heterocycles. The van der Waals surface area contributed by atoms with Crippen LogP contribution in [0, 0.1) is 11.8 Å². The Labute approximate surface area is 108 Å². The minimum absolute atomic E-state index is 0.761. The van der Waals surface area contributed by atoms with Crippen LogP contribution in [0.2, 0.25) is 6.04 Å². The van der Waals surface area contributed by atoms with Crippen LogP contribution in [0.1, 0.15) is 46.5 Å².